The number of hydrogen-bond acceptors (Lipinski definition) is 18. The number of carbonyl (C=O) groups excluding carboxylic acids is 3. The molecule has 1 aliphatic heterocycles. The Labute approximate surface area is 342 Å². The molecular formula is C31H50N7O17P3S. The predicted molar refractivity (Wildman–Crippen MR) is 210 cm³/mol. The van der Waals surface area contributed by atoms with Gasteiger partial charge in [-0.15, -0.1) is 0 Å². The summed E-state index contributed by atoms with van der Waals surface area (Å²) >= 11 is 1.09. The highest BCUT2D eigenvalue weighted by molar-refractivity contribution is 8.13. The maximum absolute atomic E-state index is 12.7. The lowest BCUT2D eigenvalue weighted by Crippen LogP contribution is -2.46. The topological polar surface area (TPSA) is 364 Å². The first-order valence-electron chi connectivity index (χ1n) is 17.9. The van der Waals surface area contributed by atoms with Crippen LogP contribution in [0.3, 0.4) is 0 Å². The first kappa shape index (κ1) is 50.4. The molecule has 2 aromatic heterocycles. The van der Waals surface area contributed by atoms with Crippen LogP contribution in [0.2, 0.25) is 0 Å². The number of fused-ring (bicyclic) bond motifs is 1. The summed E-state index contributed by atoms with van der Waals surface area (Å²) in [5.41, 5.74) is 4.26. The highest BCUT2D eigenvalue weighted by Crippen LogP contribution is 2.61. The number of phosphoric acid groups is 3. The molecule has 0 spiro atoms. The normalized spacial score (nSPS) is 21.4. The van der Waals surface area contributed by atoms with Gasteiger partial charge in [0.2, 0.25) is 11.8 Å². The van der Waals surface area contributed by atoms with Crippen LogP contribution in [0.5, 0.6) is 0 Å². The van der Waals surface area contributed by atoms with Crippen LogP contribution in [0.25, 0.3) is 11.2 Å². The Kier molecular flexibility index (Phi) is 19.4. The molecule has 0 radical (unpaired) electrons. The van der Waals surface area contributed by atoms with E-state index in [1.54, 1.807) is 0 Å². The van der Waals surface area contributed by atoms with Gasteiger partial charge in [0.1, 0.15) is 36.3 Å². The molecular weight excluding hydrogens is 867 g/mol. The Bertz CT molecular complexity index is 1950. The van der Waals surface area contributed by atoms with Crippen LogP contribution in [0.1, 0.15) is 59.1 Å². The minimum atomic E-state index is -5.57. The van der Waals surface area contributed by atoms with Gasteiger partial charge in [0.05, 0.1) is 19.5 Å². The molecule has 0 bridgehead atoms. The number of aliphatic hydroxyl groups excluding tert-OH is 2. The van der Waals surface area contributed by atoms with Crippen LogP contribution in [-0.4, -0.2) is 123 Å². The second kappa shape index (κ2) is 22.8. The van der Waals surface area contributed by atoms with Crippen LogP contribution in [-0.2, 0) is 50.7 Å². The van der Waals surface area contributed by atoms with E-state index in [2.05, 4.69) is 40.5 Å². The van der Waals surface area contributed by atoms with E-state index in [1.165, 1.54) is 13.8 Å². The molecule has 1 fully saturated rings. The average Bonchev–Trinajstić information content (AvgIpc) is 3.71. The zero-order chi connectivity index (χ0) is 44.0. The number of thioether (sulfide) groups is 1. The van der Waals surface area contributed by atoms with E-state index >= 15 is 0 Å². The lowest BCUT2D eigenvalue weighted by molar-refractivity contribution is -0.137. The van der Waals surface area contributed by atoms with Crippen molar-refractivity contribution in [3.8, 4) is 0 Å². The van der Waals surface area contributed by atoms with E-state index in [0.717, 1.165) is 41.8 Å². The van der Waals surface area contributed by atoms with Crippen LogP contribution < -0.4 is 16.4 Å². The molecule has 2 aromatic rings. The van der Waals surface area contributed by atoms with Gasteiger partial charge in [0, 0.05) is 37.1 Å². The largest absolute Gasteiger partial charge is 0.481 e. The molecule has 3 rings (SSSR count). The molecule has 0 aliphatic carbocycles. The third kappa shape index (κ3) is 16.8. The molecule has 28 heteroatoms. The fraction of sp³-hybridized carbons (Fsp3) is 0.613. The third-order valence-electron chi connectivity index (χ3n) is 8.12. The Morgan fingerprint density at radius 1 is 1.02 bits per heavy atom. The SMILES string of the molecule is CC/C=C/C/C=C/CCC(=O)SCCNC(=O)CCNC(=O)C(O)C(C)(C)COP(=O)(O)OP(=O)(O)OCC1OC(n2cnc3c(N)ncnc32)C(O)C1OP(=O)(O)O. The number of ether oxygens (including phenoxy) is 1. The predicted octanol–water partition coefficient (Wildman–Crippen LogP) is 1.36. The average molecular weight is 918 g/mol. The number of nitrogens with two attached hydrogens (primary N) is 1. The van der Waals surface area contributed by atoms with Gasteiger partial charge in [0.15, 0.2) is 22.8 Å². The van der Waals surface area contributed by atoms with Crippen LogP contribution in [0.4, 0.5) is 5.82 Å². The van der Waals surface area contributed by atoms with Gasteiger partial charge in [0.25, 0.3) is 0 Å². The number of allylic oxidation sites excluding steroid dienone is 4. The van der Waals surface area contributed by atoms with E-state index in [1.807, 2.05) is 25.2 Å². The van der Waals surface area contributed by atoms with E-state index in [4.69, 9.17) is 19.5 Å². The quantitative estimate of drug-likeness (QED) is 0.0385. The smallest absolute Gasteiger partial charge is 0.386 e. The standard InChI is InChI=1S/C31H50N7O17P3S/c1-4-5-6-7-8-9-10-11-22(40)59-15-14-33-21(39)12-13-34-29(43)26(42)31(2,3)17-52-58(49,50)55-57(47,48)51-16-20-25(54-56(44,45)46)24(41)30(53-20)38-19-37-23-27(32)35-18-36-28(23)38/h5-6,8-9,18-20,24-26,30,41-42H,4,7,10-17H2,1-3H3,(H,33,39)(H,34,43)(H,47,48)(H,49,50)(H2,32,35,36)(H2,44,45,46)/b6-5+,9-8+. The number of nitrogens with one attached hydrogen (secondary N) is 2. The summed E-state index contributed by atoms with van der Waals surface area (Å²) in [6, 6.07) is 0. The van der Waals surface area contributed by atoms with Crippen LogP contribution >= 0.6 is 35.2 Å². The van der Waals surface area contributed by atoms with Crippen molar-refractivity contribution < 1.29 is 80.5 Å². The van der Waals surface area contributed by atoms with Gasteiger partial charge < -0.3 is 50.9 Å². The molecule has 59 heavy (non-hydrogen) atoms. The fourth-order valence-electron chi connectivity index (χ4n) is 5.12. The van der Waals surface area contributed by atoms with E-state index in [9.17, 15) is 57.9 Å². The zero-order valence-corrected chi connectivity index (χ0v) is 35.7. The summed E-state index contributed by atoms with van der Waals surface area (Å²) in [5, 5.41) is 26.4. The van der Waals surface area contributed by atoms with Crippen molar-refractivity contribution in [2.45, 2.75) is 83.5 Å². The lowest BCUT2D eigenvalue weighted by atomic mass is 9.87. The molecule has 7 atom stereocenters. The molecule has 2 amide bonds. The second-order valence-electron chi connectivity index (χ2n) is 13.4. The van der Waals surface area contributed by atoms with Crippen molar-refractivity contribution in [2.24, 2.45) is 5.41 Å². The summed E-state index contributed by atoms with van der Waals surface area (Å²) in [6.45, 7) is 2.55. The molecule has 7 unspecified atom stereocenters. The number of anilines is 1. The highest BCUT2D eigenvalue weighted by Gasteiger charge is 2.50. The Balaban J connectivity index is 1.43. The van der Waals surface area contributed by atoms with E-state index < -0.39 is 84.6 Å². The maximum Gasteiger partial charge on any atom is 0.481 e. The number of phosphoric ester groups is 3. The summed E-state index contributed by atoms with van der Waals surface area (Å²) in [7, 11) is -16.4. The molecule has 332 valence electrons. The van der Waals surface area contributed by atoms with Gasteiger partial charge in [-0.05, 0) is 19.3 Å². The summed E-state index contributed by atoms with van der Waals surface area (Å²) in [5.74, 6) is -1.09. The van der Waals surface area contributed by atoms with Crippen molar-refractivity contribution in [1.82, 2.24) is 30.2 Å². The summed E-state index contributed by atoms with van der Waals surface area (Å²) in [4.78, 5) is 87.7. The van der Waals surface area contributed by atoms with Gasteiger partial charge in [-0.25, -0.2) is 28.6 Å². The minimum absolute atomic E-state index is 0.00932. The van der Waals surface area contributed by atoms with Gasteiger partial charge >= 0.3 is 23.5 Å². The minimum Gasteiger partial charge on any atom is -0.386 e. The fourth-order valence-corrected chi connectivity index (χ4v) is 8.65. The number of amides is 2. The molecule has 0 saturated carbocycles. The maximum atomic E-state index is 12.7. The lowest BCUT2D eigenvalue weighted by Gasteiger charge is -2.30. The van der Waals surface area contributed by atoms with E-state index in [0.29, 0.717) is 18.6 Å². The zero-order valence-electron chi connectivity index (χ0n) is 32.2. The Morgan fingerprint density at radius 3 is 2.41 bits per heavy atom. The number of carbonyl (C=O) groups is 3. The number of nitrogens with zero attached hydrogens (tertiary/aromatic N) is 4. The first-order chi connectivity index (χ1) is 27.6. The molecule has 0 aromatic carbocycles. The molecule has 3 heterocycles. The van der Waals surface area contributed by atoms with Gasteiger partial charge in [-0.2, -0.15) is 4.31 Å². The number of aromatic nitrogens is 4. The highest BCUT2D eigenvalue weighted by atomic mass is 32.2. The van der Waals surface area contributed by atoms with E-state index in [-0.39, 0.29) is 41.6 Å². The molecule has 24 nitrogen and oxygen atoms in total. The summed E-state index contributed by atoms with van der Waals surface area (Å²) in [6.07, 6.45) is 3.90. The molecule has 1 saturated heterocycles. The van der Waals surface area contributed by atoms with Crippen molar-refractivity contribution in [1.29, 1.82) is 0 Å². The second-order valence-corrected chi connectivity index (χ2v) is 18.8. The Hall–Kier alpha value is -2.96. The summed E-state index contributed by atoms with van der Waals surface area (Å²) < 4.78 is 62.2. The monoisotopic (exact) mass is 917 g/mol. The first-order valence-corrected chi connectivity index (χ1v) is 23.4. The van der Waals surface area contributed by atoms with Crippen molar-refractivity contribution in [3.05, 3.63) is 37.0 Å². The molecule has 10 N–H and O–H groups in total. The molecule has 1 aliphatic rings. The Morgan fingerprint density at radius 2 is 1.71 bits per heavy atom. The van der Waals surface area contributed by atoms with Crippen LogP contribution in [0, 0.1) is 5.41 Å². The number of rotatable bonds is 25. The number of hydrogen-bond donors (Lipinski definition) is 9. The van der Waals surface area contributed by atoms with Crippen molar-refractivity contribution in [2.75, 3.05) is 37.8 Å². The number of aliphatic hydroxyl groups is 2. The van der Waals surface area contributed by atoms with Gasteiger partial charge in [-0.1, -0.05) is 56.8 Å². The van der Waals surface area contributed by atoms with Crippen LogP contribution in [0.15, 0.2) is 37.0 Å². The van der Waals surface area contributed by atoms with Crippen molar-refractivity contribution in [3.63, 3.8) is 0 Å². The van der Waals surface area contributed by atoms with Gasteiger partial charge in [-0.3, -0.25) is 32.5 Å². The number of nitrogen functional groups attached to an aromatic ring is 1. The van der Waals surface area contributed by atoms with Crippen molar-refractivity contribution >= 4 is 69.1 Å². The third-order valence-corrected chi connectivity index (χ3v) is 12.2. The number of imidazole rings is 1.